The van der Waals surface area contributed by atoms with Gasteiger partial charge < -0.3 is 15.2 Å². The molecule has 1 unspecified atom stereocenters. The van der Waals surface area contributed by atoms with Gasteiger partial charge in [-0.3, -0.25) is 0 Å². The summed E-state index contributed by atoms with van der Waals surface area (Å²) in [6.07, 6.45) is 0.559. The van der Waals surface area contributed by atoms with E-state index in [1.807, 2.05) is 6.07 Å². The molecular formula is C10H11N3O3. The number of nitrogens with one attached hydrogen (secondary N) is 1. The van der Waals surface area contributed by atoms with E-state index in [1.165, 1.54) is 13.3 Å². The number of hydrogen-bond acceptors (Lipinski definition) is 5. The van der Waals surface area contributed by atoms with Crippen molar-refractivity contribution >= 4 is 11.7 Å². The lowest BCUT2D eigenvalue weighted by atomic mass is 10.3. The van der Waals surface area contributed by atoms with E-state index in [0.717, 1.165) is 0 Å². The number of methoxy groups -OCH3 is 1. The zero-order chi connectivity index (χ0) is 12.0. The third-order valence-electron chi connectivity index (χ3n) is 1.93. The Bertz CT molecular complexity index is 397. The molecule has 0 aliphatic rings. The molecule has 16 heavy (non-hydrogen) atoms. The van der Waals surface area contributed by atoms with E-state index in [9.17, 15) is 4.79 Å². The normalized spacial score (nSPS) is 11.5. The summed E-state index contributed by atoms with van der Waals surface area (Å²) in [5, 5.41) is 20.1. The highest BCUT2D eigenvalue weighted by Gasteiger charge is 2.15. The molecule has 1 aromatic heterocycles. The number of hydrogen-bond donors (Lipinski definition) is 2. The minimum Gasteiger partial charge on any atom is -0.479 e. The Balaban J connectivity index is 2.54. The van der Waals surface area contributed by atoms with E-state index in [2.05, 4.69) is 10.3 Å². The molecule has 0 bridgehead atoms. The number of rotatable bonds is 5. The molecule has 6 nitrogen and oxygen atoms in total. The molecule has 0 saturated heterocycles. The molecule has 0 aromatic carbocycles. The van der Waals surface area contributed by atoms with Crippen LogP contribution in [0.5, 0.6) is 0 Å². The van der Waals surface area contributed by atoms with Crippen molar-refractivity contribution in [3.63, 3.8) is 0 Å². The van der Waals surface area contributed by atoms with Gasteiger partial charge in [0, 0.05) is 7.11 Å². The van der Waals surface area contributed by atoms with Gasteiger partial charge in [-0.2, -0.15) is 5.26 Å². The summed E-state index contributed by atoms with van der Waals surface area (Å²) in [6, 6.07) is 5.09. The number of carboxylic acid groups (broad SMARTS) is 1. The SMILES string of the molecule is COC(CNc1ccc(C#N)nc1)C(=O)O. The monoisotopic (exact) mass is 221 g/mol. The van der Waals surface area contributed by atoms with Gasteiger partial charge in [0.05, 0.1) is 18.4 Å². The Hall–Kier alpha value is -2.13. The van der Waals surface area contributed by atoms with Crippen LogP contribution in [0.2, 0.25) is 0 Å². The van der Waals surface area contributed by atoms with E-state index < -0.39 is 12.1 Å². The molecule has 1 atom stereocenters. The molecule has 84 valence electrons. The second-order valence-corrected chi connectivity index (χ2v) is 2.99. The number of aromatic nitrogens is 1. The van der Waals surface area contributed by atoms with Gasteiger partial charge in [0.2, 0.25) is 0 Å². The lowest BCUT2D eigenvalue weighted by Crippen LogP contribution is -2.30. The smallest absolute Gasteiger partial charge is 0.334 e. The summed E-state index contributed by atoms with van der Waals surface area (Å²) in [6.45, 7) is 0.138. The molecule has 0 aliphatic carbocycles. The Morgan fingerprint density at radius 3 is 2.94 bits per heavy atom. The van der Waals surface area contributed by atoms with Crippen molar-refractivity contribution < 1.29 is 14.6 Å². The fourth-order valence-corrected chi connectivity index (χ4v) is 1.05. The average molecular weight is 221 g/mol. The average Bonchev–Trinajstić information content (AvgIpc) is 2.30. The number of pyridine rings is 1. The van der Waals surface area contributed by atoms with Crippen LogP contribution in [0.1, 0.15) is 5.69 Å². The fraction of sp³-hybridized carbons (Fsp3) is 0.300. The maximum absolute atomic E-state index is 10.6. The Morgan fingerprint density at radius 1 is 1.75 bits per heavy atom. The molecule has 0 radical (unpaired) electrons. The van der Waals surface area contributed by atoms with Crippen molar-refractivity contribution in [3.8, 4) is 6.07 Å². The van der Waals surface area contributed by atoms with Crippen LogP contribution in [0, 0.1) is 11.3 Å². The van der Waals surface area contributed by atoms with Crippen molar-refractivity contribution in [2.45, 2.75) is 6.10 Å². The fourth-order valence-electron chi connectivity index (χ4n) is 1.05. The van der Waals surface area contributed by atoms with E-state index in [4.69, 9.17) is 15.1 Å². The first-order chi connectivity index (χ1) is 7.67. The van der Waals surface area contributed by atoms with Gasteiger partial charge in [-0.15, -0.1) is 0 Å². The lowest BCUT2D eigenvalue weighted by Gasteiger charge is -2.11. The number of anilines is 1. The number of nitrogens with zero attached hydrogens (tertiary/aromatic N) is 2. The van der Waals surface area contributed by atoms with Gasteiger partial charge >= 0.3 is 5.97 Å². The summed E-state index contributed by atoms with van der Waals surface area (Å²) in [4.78, 5) is 14.5. The molecule has 0 fully saturated rings. The Labute approximate surface area is 92.5 Å². The first-order valence-corrected chi connectivity index (χ1v) is 4.53. The molecule has 0 saturated carbocycles. The molecule has 1 aromatic rings. The summed E-state index contributed by atoms with van der Waals surface area (Å²) in [7, 11) is 1.33. The summed E-state index contributed by atoms with van der Waals surface area (Å²) in [5.74, 6) is -1.03. The van der Waals surface area contributed by atoms with Crippen LogP contribution in [0.4, 0.5) is 5.69 Å². The van der Waals surface area contributed by atoms with Crippen LogP contribution in [-0.4, -0.2) is 35.8 Å². The largest absolute Gasteiger partial charge is 0.479 e. The molecule has 2 N–H and O–H groups in total. The lowest BCUT2D eigenvalue weighted by molar-refractivity contribution is -0.147. The van der Waals surface area contributed by atoms with Gasteiger partial charge in [-0.05, 0) is 12.1 Å². The third-order valence-corrected chi connectivity index (χ3v) is 1.93. The van der Waals surface area contributed by atoms with Gasteiger partial charge in [0.1, 0.15) is 11.8 Å². The van der Waals surface area contributed by atoms with E-state index in [-0.39, 0.29) is 6.54 Å². The third kappa shape index (κ3) is 3.22. The molecule has 6 heteroatoms. The van der Waals surface area contributed by atoms with Gasteiger partial charge in [0.15, 0.2) is 6.10 Å². The first-order valence-electron chi connectivity index (χ1n) is 4.53. The standard InChI is InChI=1S/C10H11N3O3/c1-16-9(10(14)15)6-13-8-3-2-7(4-11)12-5-8/h2-3,5,9,13H,6H2,1H3,(H,14,15). The minimum absolute atomic E-state index is 0.138. The number of carboxylic acids is 1. The number of carbonyl (C=O) groups is 1. The Morgan fingerprint density at radius 2 is 2.50 bits per heavy atom. The zero-order valence-electron chi connectivity index (χ0n) is 8.67. The number of ether oxygens (including phenoxy) is 1. The van der Waals surface area contributed by atoms with Crippen LogP contribution < -0.4 is 5.32 Å². The summed E-state index contributed by atoms with van der Waals surface area (Å²) in [5.41, 5.74) is 0.953. The number of nitriles is 1. The topological polar surface area (TPSA) is 95.2 Å². The molecule has 1 heterocycles. The quantitative estimate of drug-likeness (QED) is 0.750. The van der Waals surface area contributed by atoms with Gasteiger partial charge in [0.25, 0.3) is 0 Å². The number of aliphatic carboxylic acids is 1. The van der Waals surface area contributed by atoms with Crippen molar-refractivity contribution in [2.24, 2.45) is 0 Å². The highest BCUT2D eigenvalue weighted by Crippen LogP contribution is 2.05. The Kier molecular flexibility index (Phi) is 4.24. The maximum Gasteiger partial charge on any atom is 0.334 e. The van der Waals surface area contributed by atoms with Gasteiger partial charge in [-0.1, -0.05) is 0 Å². The first kappa shape index (κ1) is 11.9. The summed E-state index contributed by atoms with van der Waals surface area (Å²) >= 11 is 0. The van der Waals surface area contributed by atoms with Crippen LogP contribution in [0.15, 0.2) is 18.3 Å². The van der Waals surface area contributed by atoms with Crippen LogP contribution in [0.3, 0.4) is 0 Å². The predicted octanol–water partition coefficient (Wildman–Crippen LogP) is 0.465. The molecule has 0 spiro atoms. The van der Waals surface area contributed by atoms with Crippen molar-refractivity contribution in [1.82, 2.24) is 4.98 Å². The van der Waals surface area contributed by atoms with Crippen LogP contribution >= 0.6 is 0 Å². The highest BCUT2D eigenvalue weighted by molar-refractivity contribution is 5.73. The minimum atomic E-state index is -1.03. The second kappa shape index (κ2) is 5.68. The van der Waals surface area contributed by atoms with E-state index >= 15 is 0 Å². The predicted molar refractivity (Wildman–Crippen MR) is 55.9 cm³/mol. The van der Waals surface area contributed by atoms with E-state index in [0.29, 0.717) is 11.4 Å². The maximum atomic E-state index is 10.6. The van der Waals surface area contributed by atoms with Crippen molar-refractivity contribution in [3.05, 3.63) is 24.0 Å². The second-order valence-electron chi connectivity index (χ2n) is 2.99. The summed E-state index contributed by atoms with van der Waals surface area (Å²) < 4.78 is 4.74. The van der Waals surface area contributed by atoms with Gasteiger partial charge in [-0.25, -0.2) is 9.78 Å². The molecule has 0 amide bonds. The highest BCUT2D eigenvalue weighted by atomic mass is 16.5. The van der Waals surface area contributed by atoms with E-state index in [1.54, 1.807) is 12.1 Å². The van der Waals surface area contributed by atoms with Crippen molar-refractivity contribution in [1.29, 1.82) is 5.26 Å². The van der Waals surface area contributed by atoms with Crippen LogP contribution in [0.25, 0.3) is 0 Å². The van der Waals surface area contributed by atoms with Crippen LogP contribution in [-0.2, 0) is 9.53 Å². The molecular weight excluding hydrogens is 210 g/mol. The molecule has 0 aliphatic heterocycles. The van der Waals surface area contributed by atoms with Crippen molar-refractivity contribution in [2.75, 3.05) is 19.0 Å². The molecule has 1 rings (SSSR count). The zero-order valence-corrected chi connectivity index (χ0v) is 8.67.